The van der Waals surface area contributed by atoms with E-state index in [4.69, 9.17) is 23.2 Å². The van der Waals surface area contributed by atoms with Crippen LogP contribution in [0.15, 0.2) is 48.7 Å². The van der Waals surface area contributed by atoms with Gasteiger partial charge in [-0.15, -0.1) is 0 Å². The second-order valence-corrected chi connectivity index (χ2v) is 6.00. The molecule has 128 valence electrons. The fourth-order valence-corrected chi connectivity index (χ4v) is 2.74. The number of carbonyl (C=O) groups excluding carboxylic acids is 1. The van der Waals surface area contributed by atoms with Crippen LogP contribution in [0, 0.1) is 11.6 Å². The van der Waals surface area contributed by atoms with Crippen LogP contribution in [0.25, 0.3) is 0 Å². The number of halogens is 4. The van der Waals surface area contributed by atoms with E-state index in [1.54, 1.807) is 18.2 Å². The summed E-state index contributed by atoms with van der Waals surface area (Å²) < 4.78 is 28.9. The summed E-state index contributed by atoms with van der Waals surface area (Å²) in [6, 6.07) is 9.74. The largest absolute Gasteiger partial charge is 0.307 e. The van der Waals surface area contributed by atoms with Gasteiger partial charge in [-0.2, -0.15) is 5.10 Å². The Morgan fingerprint density at radius 1 is 1.12 bits per heavy atom. The lowest BCUT2D eigenvalue weighted by Gasteiger charge is -2.11. The van der Waals surface area contributed by atoms with Gasteiger partial charge >= 0.3 is 0 Å². The van der Waals surface area contributed by atoms with E-state index in [9.17, 15) is 13.6 Å². The zero-order valence-corrected chi connectivity index (χ0v) is 14.2. The molecule has 0 atom stereocenters. The molecule has 0 bridgehead atoms. The Kier molecular flexibility index (Phi) is 5.01. The number of amides is 1. The Hall–Kier alpha value is -2.44. The number of aromatic nitrogens is 2. The zero-order valence-electron chi connectivity index (χ0n) is 12.6. The molecule has 0 aliphatic heterocycles. The molecule has 25 heavy (non-hydrogen) atoms. The van der Waals surface area contributed by atoms with Crippen LogP contribution in [-0.4, -0.2) is 15.7 Å². The van der Waals surface area contributed by atoms with Gasteiger partial charge in [0.15, 0.2) is 0 Å². The van der Waals surface area contributed by atoms with Crippen molar-refractivity contribution in [3.8, 4) is 0 Å². The topological polar surface area (TPSA) is 46.9 Å². The molecule has 0 saturated heterocycles. The molecule has 0 aliphatic rings. The minimum atomic E-state index is -0.940. The lowest BCUT2D eigenvalue weighted by atomic mass is 10.2. The van der Waals surface area contributed by atoms with Gasteiger partial charge < -0.3 is 5.32 Å². The van der Waals surface area contributed by atoms with Crippen molar-refractivity contribution in [2.24, 2.45) is 0 Å². The summed E-state index contributed by atoms with van der Waals surface area (Å²) in [4.78, 5) is 12.2. The summed E-state index contributed by atoms with van der Waals surface area (Å²) in [5.74, 6) is -2.51. The van der Waals surface area contributed by atoms with Crippen molar-refractivity contribution in [1.82, 2.24) is 9.78 Å². The maximum Gasteiger partial charge on any atom is 0.262 e. The van der Waals surface area contributed by atoms with Crippen molar-refractivity contribution in [2.45, 2.75) is 6.54 Å². The first-order valence-corrected chi connectivity index (χ1v) is 7.92. The van der Waals surface area contributed by atoms with E-state index in [-0.39, 0.29) is 12.4 Å². The molecule has 3 rings (SSSR count). The fourth-order valence-electron chi connectivity index (χ4n) is 2.27. The van der Waals surface area contributed by atoms with Crippen LogP contribution >= 0.6 is 23.2 Å². The SMILES string of the molecule is O=C(Nc1ccnn1Cc1ccc(Cl)cc1Cl)c1c(F)cccc1F. The van der Waals surface area contributed by atoms with Crippen molar-refractivity contribution in [3.63, 3.8) is 0 Å². The normalized spacial score (nSPS) is 10.7. The lowest BCUT2D eigenvalue weighted by molar-refractivity contribution is 0.101. The standard InChI is InChI=1S/C17H11Cl2F2N3O/c18-11-5-4-10(12(19)8-11)9-24-15(6-7-22-24)23-17(25)16-13(20)2-1-3-14(16)21/h1-8H,9H2,(H,23,25). The minimum absolute atomic E-state index is 0.248. The van der Waals surface area contributed by atoms with E-state index in [1.807, 2.05) is 0 Å². The van der Waals surface area contributed by atoms with Crippen molar-refractivity contribution in [1.29, 1.82) is 0 Å². The molecule has 0 radical (unpaired) electrons. The van der Waals surface area contributed by atoms with Gasteiger partial charge in [0.05, 0.1) is 12.7 Å². The van der Waals surface area contributed by atoms with Gasteiger partial charge in [-0.05, 0) is 29.8 Å². The van der Waals surface area contributed by atoms with Crippen molar-refractivity contribution in [3.05, 3.63) is 81.5 Å². The number of hydrogen-bond acceptors (Lipinski definition) is 2. The molecule has 1 heterocycles. The van der Waals surface area contributed by atoms with Crippen molar-refractivity contribution < 1.29 is 13.6 Å². The zero-order chi connectivity index (χ0) is 18.0. The van der Waals surface area contributed by atoms with E-state index in [1.165, 1.54) is 23.0 Å². The highest BCUT2D eigenvalue weighted by atomic mass is 35.5. The van der Waals surface area contributed by atoms with Crippen molar-refractivity contribution >= 4 is 34.9 Å². The highest BCUT2D eigenvalue weighted by molar-refractivity contribution is 6.35. The summed E-state index contributed by atoms with van der Waals surface area (Å²) in [6.45, 7) is 0.248. The third kappa shape index (κ3) is 3.81. The summed E-state index contributed by atoms with van der Waals surface area (Å²) in [5.41, 5.74) is 0.0714. The van der Waals surface area contributed by atoms with Crippen LogP contribution in [0.3, 0.4) is 0 Å². The van der Waals surface area contributed by atoms with Gasteiger partial charge in [-0.25, -0.2) is 13.5 Å². The molecule has 0 saturated carbocycles. The number of benzene rings is 2. The monoisotopic (exact) mass is 381 g/mol. The molecule has 0 spiro atoms. The number of hydrogen-bond donors (Lipinski definition) is 1. The van der Waals surface area contributed by atoms with Gasteiger partial charge in [0.2, 0.25) is 0 Å². The molecule has 0 aliphatic carbocycles. The first-order chi connectivity index (χ1) is 12.0. The van der Waals surface area contributed by atoms with Crippen LogP contribution in [-0.2, 0) is 6.54 Å². The first kappa shape index (κ1) is 17.4. The summed E-state index contributed by atoms with van der Waals surface area (Å²) in [7, 11) is 0. The summed E-state index contributed by atoms with van der Waals surface area (Å²) >= 11 is 12.0. The third-order valence-corrected chi connectivity index (χ3v) is 4.07. The molecule has 8 heteroatoms. The van der Waals surface area contributed by atoms with Crippen LogP contribution in [0.2, 0.25) is 10.0 Å². The molecular weight excluding hydrogens is 371 g/mol. The van der Waals surface area contributed by atoms with Crippen LogP contribution in [0.5, 0.6) is 0 Å². The minimum Gasteiger partial charge on any atom is -0.307 e. The van der Waals surface area contributed by atoms with E-state index in [0.717, 1.165) is 17.7 Å². The Bertz CT molecular complexity index is 923. The predicted molar refractivity (Wildman–Crippen MR) is 92.1 cm³/mol. The Morgan fingerprint density at radius 2 is 1.84 bits per heavy atom. The van der Waals surface area contributed by atoms with Gasteiger partial charge in [0.1, 0.15) is 23.0 Å². The van der Waals surface area contributed by atoms with E-state index in [2.05, 4.69) is 10.4 Å². The number of anilines is 1. The first-order valence-electron chi connectivity index (χ1n) is 7.17. The predicted octanol–water partition coefficient (Wildman–Crippen LogP) is 4.77. The van der Waals surface area contributed by atoms with Crippen molar-refractivity contribution in [2.75, 3.05) is 5.32 Å². The Labute approximate surface area is 152 Å². The molecule has 2 aromatic carbocycles. The summed E-state index contributed by atoms with van der Waals surface area (Å²) in [6.07, 6.45) is 1.46. The summed E-state index contributed by atoms with van der Waals surface area (Å²) in [5, 5.41) is 7.48. The fraction of sp³-hybridized carbons (Fsp3) is 0.0588. The third-order valence-electron chi connectivity index (χ3n) is 3.48. The highest BCUT2D eigenvalue weighted by Crippen LogP contribution is 2.23. The number of nitrogens with zero attached hydrogens (tertiary/aromatic N) is 2. The lowest BCUT2D eigenvalue weighted by Crippen LogP contribution is -2.19. The Balaban J connectivity index is 1.83. The molecule has 1 aromatic heterocycles. The second kappa shape index (κ2) is 7.21. The van der Waals surface area contributed by atoms with Gasteiger partial charge in [-0.1, -0.05) is 35.3 Å². The smallest absolute Gasteiger partial charge is 0.262 e. The highest BCUT2D eigenvalue weighted by Gasteiger charge is 2.18. The maximum atomic E-state index is 13.7. The van der Waals surface area contributed by atoms with Gasteiger partial charge in [0.25, 0.3) is 5.91 Å². The molecule has 0 fully saturated rings. The maximum absolute atomic E-state index is 13.7. The molecule has 1 amide bonds. The average molecular weight is 382 g/mol. The van der Waals surface area contributed by atoms with Crippen LogP contribution < -0.4 is 5.32 Å². The molecular formula is C17H11Cl2F2N3O. The molecule has 3 aromatic rings. The Morgan fingerprint density at radius 3 is 2.52 bits per heavy atom. The number of rotatable bonds is 4. The number of nitrogens with one attached hydrogen (secondary N) is 1. The molecule has 4 nitrogen and oxygen atoms in total. The van der Waals surface area contributed by atoms with Gasteiger partial charge in [0, 0.05) is 16.1 Å². The van der Waals surface area contributed by atoms with E-state index in [0.29, 0.717) is 10.0 Å². The van der Waals surface area contributed by atoms with Crippen LogP contribution in [0.1, 0.15) is 15.9 Å². The molecule has 1 N–H and O–H groups in total. The van der Waals surface area contributed by atoms with E-state index >= 15 is 0 Å². The molecule has 0 unspecified atom stereocenters. The van der Waals surface area contributed by atoms with E-state index < -0.39 is 23.1 Å². The quantitative estimate of drug-likeness (QED) is 0.707. The second-order valence-electron chi connectivity index (χ2n) is 5.16. The number of carbonyl (C=O) groups is 1. The average Bonchev–Trinajstić information content (AvgIpc) is 2.97. The van der Waals surface area contributed by atoms with Gasteiger partial charge in [-0.3, -0.25) is 4.79 Å². The van der Waals surface area contributed by atoms with Crippen LogP contribution in [0.4, 0.5) is 14.6 Å².